The minimum Gasteiger partial charge on any atom is -0.491 e. The molecule has 0 spiro atoms. The molecule has 0 saturated heterocycles. The number of thiocarbonyl (C=S) groups is 1. The summed E-state index contributed by atoms with van der Waals surface area (Å²) in [5.41, 5.74) is 5.69. The fourth-order valence-electron chi connectivity index (χ4n) is 1.74. The molecule has 1 saturated carbocycles. The average molecular weight is 290 g/mol. The monoisotopic (exact) mass is 289 g/mol. The van der Waals surface area contributed by atoms with Crippen LogP contribution < -0.4 is 10.5 Å². The van der Waals surface area contributed by atoms with Crippen molar-refractivity contribution in [3.05, 3.63) is 28.2 Å². The standard InChI is InChI=1S/C12H13Cl2NOS/c13-8-2-1-3-9(11(8)14)16-7-12(4-5-12)6-10(15)17/h1-3H,4-7H2,(H2,15,17). The van der Waals surface area contributed by atoms with E-state index in [-0.39, 0.29) is 5.41 Å². The maximum absolute atomic E-state index is 6.04. The Morgan fingerprint density at radius 2 is 2.12 bits per heavy atom. The van der Waals surface area contributed by atoms with Crippen LogP contribution in [0, 0.1) is 5.41 Å². The fraction of sp³-hybridized carbons (Fsp3) is 0.417. The second-order valence-corrected chi connectivity index (χ2v) is 5.79. The predicted octanol–water partition coefficient (Wildman–Crippen LogP) is 3.83. The summed E-state index contributed by atoms with van der Waals surface area (Å²) in [7, 11) is 0. The van der Waals surface area contributed by atoms with Crippen LogP contribution in [0.1, 0.15) is 19.3 Å². The van der Waals surface area contributed by atoms with Gasteiger partial charge in [-0.3, -0.25) is 0 Å². The molecule has 1 aliphatic rings. The summed E-state index contributed by atoms with van der Waals surface area (Å²) < 4.78 is 5.71. The normalized spacial score (nSPS) is 16.6. The molecule has 0 radical (unpaired) electrons. The third-order valence-corrected chi connectivity index (χ3v) is 3.90. The molecule has 0 amide bonds. The number of nitrogens with two attached hydrogens (primary N) is 1. The molecule has 2 nitrogen and oxygen atoms in total. The Bertz CT molecular complexity index is 446. The highest BCUT2D eigenvalue weighted by Crippen LogP contribution is 2.49. The maximum atomic E-state index is 6.04. The second-order valence-electron chi connectivity index (χ2n) is 4.48. The first-order valence-corrected chi connectivity index (χ1v) is 6.54. The molecule has 0 aliphatic heterocycles. The predicted molar refractivity (Wildman–Crippen MR) is 75.0 cm³/mol. The lowest BCUT2D eigenvalue weighted by Crippen LogP contribution is -2.21. The summed E-state index contributed by atoms with van der Waals surface area (Å²) in [5.74, 6) is 0.619. The Kier molecular flexibility index (Phi) is 3.81. The topological polar surface area (TPSA) is 35.2 Å². The van der Waals surface area contributed by atoms with Crippen molar-refractivity contribution in [3.63, 3.8) is 0 Å². The van der Waals surface area contributed by atoms with Gasteiger partial charge in [-0.2, -0.15) is 0 Å². The largest absolute Gasteiger partial charge is 0.491 e. The van der Waals surface area contributed by atoms with Gasteiger partial charge in [0.25, 0.3) is 0 Å². The Morgan fingerprint density at radius 3 is 2.71 bits per heavy atom. The molecule has 2 N–H and O–H groups in total. The minimum atomic E-state index is 0.122. The fourth-order valence-corrected chi connectivity index (χ4v) is 2.40. The Hall–Kier alpha value is -0.510. The molecular formula is C12H13Cl2NOS. The second kappa shape index (κ2) is 5.01. The van der Waals surface area contributed by atoms with E-state index in [0.29, 0.717) is 27.4 Å². The third kappa shape index (κ3) is 3.24. The third-order valence-electron chi connectivity index (χ3n) is 2.96. The van der Waals surface area contributed by atoms with Crippen molar-refractivity contribution in [1.29, 1.82) is 0 Å². The van der Waals surface area contributed by atoms with E-state index in [2.05, 4.69) is 0 Å². The molecular weight excluding hydrogens is 277 g/mol. The lowest BCUT2D eigenvalue weighted by molar-refractivity contribution is 0.239. The summed E-state index contributed by atoms with van der Waals surface area (Å²) >= 11 is 16.9. The summed E-state index contributed by atoms with van der Waals surface area (Å²) in [6.07, 6.45) is 2.94. The molecule has 1 aromatic rings. The van der Waals surface area contributed by atoms with Crippen molar-refractivity contribution < 1.29 is 4.74 Å². The molecule has 5 heteroatoms. The van der Waals surface area contributed by atoms with Gasteiger partial charge in [0, 0.05) is 11.8 Å². The van der Waals surface area contributed by atoms with Crippen LogP contribution in [0.15, 0.2) is 18.2 Å². The number of benzene rings is 1. The van der Waals surface area contributed by atoms with E-state index in [0.717, 1.165) is 19.3 Å². The highest BCUT2D eigenvalue weighted by atomic mass is 35.5. The molecule has 1 fully saturated rings. The van der Waals surface area contributed by atoms with Crippen LogP contribution in [0.2, 0.25) is 10.0 Å². The van der Waals surface area contributed by atoms with Crippen LogP contribution in [0.4, 0.5) is 0 Å². The molecule has 2 rings (SSSR count). The van der Waals surface area contributed by atoms with Gasteiger partial charge in [-0.1, -0.05) is 41.5 Å². The first kappa shape index (κ1) is 12.9. The van der Waals surface area contributed by atoms with Crippen LogP contribution in [-0.4, -0.2) is 11.6 Å². The molecule has 0 aromatic heterocycles. The van der Waals surface area contributed by atoms with Crippen LogP contribution in [0.25, 0.3) is 0 Å². The molecule has 1 aliphatic carbocycles. The summed E-state index contributed by atoms with van der Waals surface area (Å²) in [6.45, 7) is 0.588. The van der Waals surface area contributed by atoms with Gasteiger partial charge in [-0.25, -0.2) is 0 Å². The van der Waals surface area contributed by atoms with E-state index in [4.69, 9.17) is 45.9 Å². The van der Waals surface area contributed by atoms with Gasteiger partial charge in [0.05, 0.1) is 16.6 Å². The highest BCUT2D eigenvalue weighted by molar-refractivity contribution is 7.80. The van der Waals surface area contributed by atoms with E-state index < -0.39 is 0 Å². The van der Waals surface area contributed by atoms with Crippen molar-refractivity contribution in [2.24, 2.45) is 11.1 Å². The smallest absolute Gasteiger partial charge is 0.139 e. The van der Waals surface area contributed by atoms with Gasteiger partial charge in [0.2, 0.25) is 0 Å². The summed E-state index contributed by atoms with van der Waals surface area (Å²) in [4.78, 5) is 0.545. The van der Waals surface area contributed by atoms with Gasteiger partial charge >= 0.3 is 0 Å². The minimum absolute atomic E-state index is 0.122. The lowest BCUT2D eigenvalue weighted by Gasteiger charge is -2.16. The van der Waals surface area contributed by atoms with Gasteiger partial charge in [0.1, 0.15) is 10.8 Å². The van der Waals surface area contributed by atoms with Crippen LogP contribution in [-0.2, 0) is 0 Å². The molecule has 0 bridgehead atoms. The highest BCUT2D eigenvalue weighted by Gasteiger charge is 2.44. The summed E-state index contributed by atoms with van der Waals surface area (Å²) in [6, 6.07) is 5.36. The Labute approximate surface area is 116 Å². The van der Waals surface area contributed by atoms with Gasteiger partial charge in [-0.15, -0.1) is 0 Å². The van der Waals surface area contributed by atoms with E-state index in [9.17, 15) is 0 Å². The number of hydrogen-bond acceptors (Lipinski definition) is 2. The first-order valence-electron chi connectivity index (χ1n) is 5.38. The van der Waals surface area contributed by atoms with Gasteiger partial charge in [-0.05, 0) is 25.0 Å². The lowest BCUT2D eigenvalue weighted by atomic mass is 10.0. The first-order chi connectivity index (χ1) is 8.02. The molecule has 0 unspecified atom stereocenters. The zero-order valence-electron chi connectivity index (χ0n) is 9.21. The van der Waals surface area contributed by atoms with Crippen LogP contribution >= 0.6 is 35.4 Å². The molecule has 0 atom stereocenters. The molecule has 0 heterocycles. The Balaban J connectivity index is 1.98. The quantitative estimate of drug-likeness (QED) is 0.837. The van der Waals surface area contributed by atoms with Crippen molar-refractivity contribution in [3.8, 4) is 5.75 Å². The number of ether oxygens (including phenoxy) is 1. The Morgan fingerprint density at radius 1 is 1.41 bits per heavy atom. The van der Waals surface area contributed by atoms with E-state index in [1.165, 1.54) is 0 Å². The van der Waals surface area contributed by atoms with Crippen molar-refractivity contribution in [2.45, 2.75) is 19.3 Å². The van der Waals surface area contributed by atoms with Gasteiger partial charge in [0.15, 0.2) is 0 Å². The SMILES string of the molecule is NC(=S)CC1(COc2cccc(Cl)c2Cl)CC1. The number of rotatable bonds is 5. The maximum Gasteiger partial charge on any atom is 0.139 e. The molecule has 17 heavy (non-hydrogen) atoms. The van der Waals surface area contributed by atoms with E-state index in [1.807, 2.05) is 12.1 Å². The van der Waals surface area contributed by atoms with Gasteiger partial charge < -0.3 is 10.5 Å². The zero-order chi connectivity index (χ0) is 12.5. The number of halogens is 2. The van der Waals surface area contributed by atoms with E-state index >= 15 is 0 Å². The van der Waals surface area contributed by atoms with Crippen molar-refractivity contribution in [2.75, 3.05) is 6.61 Å². The van der Waals surface area contributed by atoms with Crippen LogP contribution in [0.5, 0.6) is 5.75 Å². The zero-order valence-corrected chi connectivity index (χ0v) is 11.5. The van der Waals surface area contributed by atoms with Crippen LogP contribution in [0.3, 0.4) is 0 Å². The summed E-state index contributed by atoms with van der Waals surface area (Å²) in [5, 5.41) is 0.962. The van der Waals surface area contributed by atoms with Crippen molar-refractivity contribution in [1.82, 2.24) is 0 Å². The molecule has 92 valence electrons. The average Bonchev–Trinajstić information content (AvgIpc) is 3.00. The van der Waals surface area contributed by atoms with E-state index in [1.54, 1.807) is 6.07 Å². The number of hydrogen-bond donors (Lipinski definition) is 1. The van der Waals surface area contributed by atoms with Crippen molar-refractivity contribution >= 4 is 40.4 Å². The molecule has 1 aromatic carbocycles.